The van der Waals surface area contributed by atoms with Crippen LogP contribution in [0.4, 0.5) is 4.79 Å². The maximum Gasteiger partial charge on any atom is 0.344 e. The Balaban J connectivity index is 2.24. The van der Waals surface area contributed by atoms with Crippen molar-refractivity contribution in [2.45, 2.75) is 13.8 Å². The molecule has 0 saturated carbocycles. The molecule has 8 heteroatoms. The highest BCUT2D eigenvalue weighted by Gasteiger charge is 2.11. The zero-order valence-electron chi connectivity index (χ0n) is 13.5. The number of urea groups is 1. The summed E-state index contributed by atoms with van der Waals surface area (Å²) >= 11 is 0. The van der Waals surface area contributed by atoms with E-state index in [-0.39, 0.29) is 5.92 Å². The van der Waals surface area contributed by atoms with Gasteiger partial charge in [-0.05, 0) is 30.2 Å². The highest BCUT2D eigenvalue weighted by Crippen LogP contribution is 2.11. The van der Waals surface area contributed by atoms with Gasteiger partial charge in [-0.2, -0.15) is 5.26 Å². The number of amides is 3. The van der Waals surface area contributed by atoms with Gasteiger partial charge in [-0.1, -0.05) is 13.8 Å². The maximum atomic E-state index is 11.5. The second kappa shape index (κ2) is 9.84. The molecule has 0 aromatic heterocycles. The number of carbonyl (C=O) groups is 3. The molecule has 8 nitrogen and oxygen atoms in total. The summed E-state index contributed by atoms with van der Waals surface area (Å²) in [7, 11) is 0. The van der Waals surface area contributed by atoms with Crippen LogP contribution < -0.4 is 15.4 Å². The molecule has 0 heterocycles. The highest BCUT2D eigenvalue weighted by molar-refractivity contribution is 5.95. The van der Waals surface area contributed by atoms with Gasteiger partial charge in [0, 0.05) is 6.54 Å². The van der Waals surface area contributed by atoms with Gasteiger partial charge in [-0.3, -0.25) is 10.1 Å². The summed E-state index contributed by atoms with van der Waals surface area (Å²) in [5.41, 5.74) is 0.470. The van der Waals surface area contributed by atoms with Gasteiger partial charge in [0.05, 0.1) is 11.6 Å². The Labute approximate surface area is 139 Å². The van der Waals surface area contributed by atoms with E-state index in [1.54, 1.807) is 12.1 Å². The van der Waals surface area contributed by atoms with Crippen molar-refractivity contribution >= 4 is 17.9 Å². The minimum atomic E-state index is -0.753. The third-order valence-corrected chi connectivity index (χ3v) is 2.63. The molecule has 0 spiro atoms. The lowest BCUT2D eigenvalue weighted by Crippen LogP contribution is -2.42. The van der Waals surface area contributed by atoms with Crippen molar-refractivity contribution in [3.05, 3.63) is 29.8 Å². The molecule has 1 rings (SSSR count). The monoisotopic (exact) mass is 333 g/mol. The molecule has 3 amide bonds. The Hall–Kier alpha value is -3.08. The number of ether oxygens (including phenoxy) is 2. The van der Waals surface area contributed by atoms with E-state index in [2.05, 4.69) is 10.1 Å². The Morgan fingerprint density at radius 2 is 1.83 bits per heavy atom. The molecule has 1 aromatic rings. The van der Waals surface area contributed by atoms with Crippen molar-refractivity contribution < 1.29 is 23.9 Å². The Bertz CT molecular complexity index is 620. The quantitative estimate of drug-likeness (QED) is 0.718. The fourth-order valence-electron chi connectivity index (χ4n) is 1.46. The van der Waals surface area contributed by atoms with E-state index in [4.69, 9.17) is 10.00 Å². The van der Waals surface area contributed by atoms with E-state index in [1.165, 1.54) is 12.1 Å². The van der Waals surface area contributed by atoms with E-state index in [1.807, 2.05) is 25.2 Å². The van der Waals surface area contributed by atoms with Crippen molar-refractivity contribution in [3.8, 4) is 11.8 Å². The lowest BCUT2D eigenvalue weighted by molar-refractivity contribution is -0.150. The van der Waals surface area contributed by atoms with E-state index in [0.717, 1.165) is 0 Å². The van der Waals surface area contributed by atoms with Crippen molar-refractivity contribution in [2.24, 2.45) is 5.92 Å². The van der Waals surface area contributed by atoms with Crippen LogP contribution in [0.3, 0.4) is 0 Å². The van der Waals surface area contributed by atoms with Crippen LogP contribution >= 0.6 is 0 Å². The predicted octanol–water partition coefficient (Wildman–Crippen LogP) is 0.962. The first kappa shape index (κ1) is 19.0. The lowest BCUT2D eigenvalue weighted by Gasteiger charge is -2.09. The van der Waals surface area contributed by atoms with Gasteiger partial charge in [0.1, 0.15) is 5.75 Å². The maximum absolute atomic E-state index is 11.5. The summed E-state index contributed by atoms with van der Waals surface area (Å²) in [4.78, 5) is 34.2. The van der Waals surface area contributed by atoms with Crippen molar-refractivity contribution in [1.82, 2.24) is 10.6 Å². The van der Waals surface area contributed by atoms with Gasteiger partial charge in [0.15, 0.2) is 13.2 Å². The van der Waals surface area contributed by atoms with E-state index in [9.17, 15) is 14.4 Å². The zero-order valence-corrected chi connectivity index (χ0v) is 13.5. The van der Waals surface area contributed by atoms with Crippen LogP contribution in [0.5, 0.6) is 5.75 Å². The van der Waals surface area contributed by atoms with Crippen LogP contribution in [0.15, 0.2) is 24.3 Å². The molecule has 0 bridgehead atoms. The standard InChI is InChI=1S/C16H19N3O5/c1-11(2)8-18-16(22)19-14(20)9-24-15(21)10-23-13-5-3-12(7-17)4-6-13/h3-6,11H,8-10H2,1-2H3,(H2,18,19,20,22). The molecule has 0 fully saturated rings. The second-order valence-electron chi connectivity index (χ2n) is 5.24. The number of benzene rings is 1. The van der Waals surface area contributed by atoms with Crippen LogP contribution in [-0.4, -0.2) is 37.7 Å². The average molecular weight is 333 g/mol. The first-order chi connectivity index (χ1) is 11.4. The minimum absolute atomic E-state index is 0.253. The van der Waals surface area contributed by atoms with Crippen molar-refractivity contribution in [3.63, 3.8) is 0 Å². The Morgan fingerprint density at radius 1 is 1.17 bits per heavy atom. The van der Waals surface area contributed by atoms with Crippen LogP contribution in [0.1, 0.15) is 19.4 Å². The van der Waals surface area contributed by atoms with Gasteiger partial charge >= 0.3 is 12.0 Å². The molecule has 0 atom stereocenters. The number of imide groups is 1. The number of hydrogen-bond donors (Lipinski definition) is 2. The average Bonchev–Trinajstić information content (AvgIpc) is 2.56. The number of rotatable bonds is 7. The molecule has 0 aliphatic rings. The molecule has 128 valence electrons. The Kier molecular flexibility index (Phi) is 7.78. The minimum Gasteiger partial charge on any atom is -0.482 e. The van der Waals surface area contributed by atoms with Crippen LogP contribution in [0, 0.1) is 17.2 Å². The lowest BCUT2D eigenvalue weighted by atomic mass is 10.2. The summed E-state index contributed by atoms with van der Waals surface area (Å²) in [6, 6.07) is 7.49. The molecule has 0 aliphatic heterocycles. The molecule has 0 radical (unpaired) electrons. The predicted molar refractivity (Wildman–Crippen MR) is 84.0 cm³/mol. The molecular formula is C16H19N3O5. The highest BCUT2D eigenvalue weighted by atomic mass is 16.6. The number of nitrogens with one attached hydrogen (secondary N) is 2. The molecule has 0 unspecified atom stereocenters. The van der Waals surface area contributed by atoms with Gasteiger partial charge in [-0.15, -0.1) is 0 Å². The third kappa shape index (κ3) is 7.79. The SMILES string of the molecule is CC(C)CNC(=O)NC(=O)COC(=O)COc1ccc(C#N)cc1. The summed E-state index contributed by atoms with van der Waals surface area (Å²) < 4.78 is 9.84. The van der Waals surface area contributed by atoms with Crippen LogP contribution in [0.25, 0.3) is 0 Å². The van der Waals surface area contributed by atoms with Gasteiger partial charge in [-0.25, -0.2) is 9.59 Å². The number of nitrogens with zero attached hydrogens (tertiary/aromatic N) is 1. The van der Waals surface area contributed by atoms with Crippen LogP contribution in [-0.2, 0) is 14.3 Å². The fourth-order valence-corrected chi connectivity index (χ4v) is 1.46. The van der Waals surface area contributed by atoms with E-state index < -0.39 is 31.1 Å². The third-order valence-electron chi connectivity index (χ3n) is 2.63. The number of carbonyl (C=O) groups excluding carboxylic acids is 3. The van der Waals surface area contributed by atoms with Crippen molar-refractivity contribution in [1.29, 1.82) is 5.26 Å². The van der Waals surface area contributed by atoms with Crippen molar-refractivity contribution in [2.75, 3.05) is 19.8 Å². The second-order valence-corrected chi connectivity index (χ2v) is 5.24. The van der Waals surface area contributed by atoms with Gasteiger partial charge in [0.25, 0.3) is 5.91 Å². The molecule has 24 heavy (non-hydrogen) atoms. The number of nitriles is 1. The molecule has 0 saturated heterocycles. The summed E-state index contributed by atoms with van der Waals surface area (Å²) in [5, 5.41) is 13.2. The van der Waals surface area contributed by atoms with Gasteiger partial charge in [0.2, 0.25) is 0 Å². The normalized spacial score (nSPS) is 9.75. The number of hydrogen-bond acceptors (Lipinski definition) is 6. The first-order valence-electron chi connectivity index (χ1n) is 7.27. The van der Waals surface area contributed by atoms with Crippen LogP contribution in [0.2, 0.25) is 0 Å². The molecule has 2 N–H and O–H groups in total. The zero-order chi connectivity index (χ0) is 17.9. The van der Waals surface area contributed by atoms with E-state index >= 15 is 0 Å². The summed E-state index contributed by atoms with van der Waals surface area (Å²) in [6.45, 7) is 3.29. The van der Waals surface area contributed by atoms with Gasteiger partial charge < -0.3 is 14.8 Å². The number of esters is 1. The Morgan fingerprint density at radius 3 is 2.42 bits per heavy atom. The largest absolute Gasteiger partial charge is 0.482 e. The molecular weight excluding hydrogens is 314 g/mol. The smallest absolute Gasteiger partial charge is 0.344 e. The van der Waals surface area contributed by atoms with E-state index in [0.29, 0.717) is 17.9 Å². The first-order valence-corrected chi connectivity index (χ1v) is 7.27. The fraction of sp³-hybridized carbons (Fsp3) is 0.375. The topological polar surface area (TPSA) is 118 Å². The molecule has 1 aromatic carbocycles. The summed E-state index contributed by atoms with van der Waals surface area (Å²) in [5.74, 6) is -0.841. The molecule has 0 aliphatic carbocycles. The summed E-state index contributed by atoms with van der Waals surface area (Å²) in [6.07, 6.45) is 0.